The highest BCUT2D eigenvalue weighted by atomic mass is 35.5. The quantitative estimate of drug-likeness (QED) is 0.716. The van der Waals surface area contributed by atoms with Crippen LogP contribution in [-0.4, -0.2) is 30.9 Å². The fourth-order valence-corrected chi connectivity index (χ4v) is 1.66. The van der Waals surface area contributed by atoms with E-state index in [1.807, 2.05) is 13.8 Å². The molecule has 1 aromatic rings. The SMILES string of the molecule is CCCNC(=O)c1cccc(C(=O)NCCC(C)N)c1.Cl. The van der Waals surface area contributed by atoms with Gasteiger partial charge in [0.15, 0.2) is 0 Å². The molecular weight excluding hydrogens is 290 g/mol. The van der Waals surface area contributed by atoms with Gasteiger partial charge in [-0.15, -0.1) is 12.4 Å². The lowest BCUT2D eigenvalue weighted by molar-refractivity contribution is 0.0952. The minimum Gasteiger partial charge on any atom is -0.352 e. The summed E-state index contributed by atoms with van der Waals surface area (Å²) < 4.78 is 0. The highest BCUT2D eigenvalue weighted by Gasteiger charge is 2.09. The van der Waals surface area contributed by atoms with Crippen LogP contribution in [0.5, 0.6) is 0 Å². The van der Waals surface area contributed by atoms with Gasteiger partial charge in [-0.1, -0.05) is 13.0 Å². The molecule has 0 aliphatic heterocycles. The van der Waals surface area contributed by atoms with E-state index in [2.05, 4.69) is 10.6 Å². The number of halogens is 1. The second-order valence-electron chi connectivity index (χ2n) is 4.86. The van der Waals surface area contributed by atoms with Gasteiger partial charge in [-0.3, -0.25) is 9.59 Å². The zero-order chi connectivity index (χ0) is 15.0. The Kier molecular flexibility index (Phi) is 9.41. The number of carbonyl (C=O) groups is 2. The van der Waals surface area contributed by atoms with Crippen LogP contribution in [0.4, 0.5) is 0 Å². The molecule has 5 nitrogen and oxygen atoms in total. The van der Waals surface area contributed by atoms with Crippen LogP contribution in [0, 0.1) is 0 Å². The molecule has 0 radical (unpaired) electrons. The largest absolute Gasteiger partial charge is 0.352 e. The van der Waals surface area contributed by atoms with E-state index in [0.29, 0.717) is 24.2 Å². The van der Waals surface area contributed by atoms with Gasteiger partial charge in [0.1, 0.15) is 0 Å². The molecule has 1 rings (SSSR count). The third-order valence-electron chi connectivity index (χ3n) is 2.81. The first kappa shape index (κ1) is 19.4. The highest BCUT2D eigenvalue weighted by molar-refractivity contribution is 5.99. The number of nitrogens with one attached hydrogen (secondary N) is 2. The molecule has 21 heavy (non-hydrogen) atoms. The Hall–Kier alpha value is -1.59. The van der Waals surface area contributed by atoms with Crippen molar-refractivity contribution in [2.75, 3.05) is 13.1 Å². The van der Waals surface area contributed by atoms with Gasteiger partial charge in [-0.25, -0.2) is 0 Å². The maximum atomic E-state index is 11.9. The summed E-state index contributed by atoms with van der Waals surface area (Å²) in [5, 5.41) is 5.57. The molecule has 0 aliphatic carbocycles. The molecule has 4 N–H and O–H groups in total. The van der Waals surface area contributed by atoms with E-state index in [0.717, 1.165) is 12.8 Å². The fraction of sp³-hybridized carbons (Fsp3) is 0.467. The number of carbonyl (C=O) groups excluding carboxylic acids is 2. The number of amides is 2. The molecular formula is C15H24ClN3O2. The molecule has 0 saturated heterocycles. The summed E-state index contributed by atoms with van der Waals surface area (Å²) in [7, 11) is 0. The van der Waals surface area contributed by atoms with Crippen molar-refractivity contribution in [3.05, 3.63) is 35.4 Å². The van der Waals surface area contributed by atoms with E-state index < -0.39 is 0 Å². The minimum atomic E-state index is -0.184. The lowest BCUT2D eigenvalue weighted by atomic mass is 10.1. The first-order chi connectivity index (χ1) is 9.54. The van der Waals surface area contributed by atoms with Crippen LogP contribution in [-0.2, 0) is 0 Å². The van der Waals surface area contributed by atoms with Crippen LogP contribution in [0.2, 0.25) is 0 Å². The minimum absolute atomic E-state index is 0. The zero-order valence-electron chi connectivity index (χ0n) is 12.5. The lowest BCUT2D eigenvalue weighted by Crippen LogP contribution is -2.29. The van der Waals surface area contributed by atoms with Gasteiger partial charge in [0, 0.05) is 30.3 Å². The Morgan fingerprint density at radius 3 is 2.14 bits per heavy atom. The summed E-state index contributed by atoms with van der Waals surface area (Å²) in [5.74, 6) is -0.340. The maximum Gasteiger partial charge on any atom is 0.251 e. The standard InChI is InChI=1S/C15H23N3O2.ClH/c1-3-8-17-14(19)12-5-4-6-13(10-12)15(20)18-9-7-11(2)16;/h4-6,10-11H,3,7-9,16H2,1-2H3,(H,17,19)(H,18,20);1H. The Morgan fingerprint density at radius 1 is 1.14 bits per heavy atom. The monoisotopic (exact) mass is 313 g/mol. The Balaban J connectivity index is 0.00000400. The average Bonchev–Trinajstić information content (AvgIpc) is 2.44. The van der Waals surface area contributed by atoms with E-state index in [-0.39, 0.29) is 30.3 Å². The molecule has 1 unspecified atom stereocenters. The topological polar surface area (TPSA) is 84.2 Å². The highest BCUT2D eigenvalue weighted by Crippen LogP contribution is 2.05. The lowest BCUT2D eigenvalue weighted by Gasteiger charge is -2.08. The predicted octanol–water partition coefficient (Wildman–Crippen LogP) is 1.72. The van der Waals surface area contributed by atoms with Crippen molar-refractivity contribution >= 4 is 24.2 Å². The van der Waals surface area contributed by atoms with Crippen molar-refractivity contribution in [2.24, 2.45) is 5.73 Å². The molecule has 118 valence electrons. The first-order valence-corrected chi connectivity index (χ1v) is 6.96. The summed E-state index contributed by atoms with van der Waals surface area (Å²) in [6.07, 6.45) is 1.60. The van der Waals surface area contributed by atoms with E-state index >= 15 is 0 Å². The van der Waals surface area contributed by atoms with Crippen molar-refractivity contribution < 1.29 is 9.59 Å². The average molecular weight is 314 g/mol. The van der Waals surface area contributed by atoms with Gasteiger partial charge >= 0.3 is 0 Å². The number of hydrogen-bond donors (Lipinski definition) is 3. The van der Waals surface area contributed by atoms with Crippen molar-refractivity contribution in [3.63, 3.8) is 0 Å². The molecule has 1 aromatic carbocycles. The van der Waals surface area contributed by atoms with Crippen molar-refractivity contribution in [2.45, 2.75) is 32.7 Å². The molecule has 1 atom stereocenters. The summed E-state index contributed by atoms with van der Waals surface area (Å²) in [6.45, 7) is 5.04. The molecule has 0 heterocycles. The second-order valence-corrected chi connectivity index (χ2v) is 4.86. The van der Waals surface area contributed by atoms with E-state index in [9.17, 15) is 9.59 Å². The van der Waals surface area contributed by atoms with Gasteiger partial charge in [0.2, 0.25) is 0 Å². The van der Waals surface area contributed by atoms with Crippen LogP contribution in [0.3, 0.4) is 0 Å². The first-order valence-electron chi connectivity index (χ1n) is 6.96. The fourth-order valence-electron chi connectivity index (χ4n) is 1.66. The Labute approximate surface area is 132 Å². The van der Waals surface area contributed by atoms with E-state index in [4.69, 9.17) is 5.73 Å². The smallest absolute Gasteiger partial charge is 0.251 e. The number of nitrogens with two attached hydrogens (primary N) is 1. The molecule has 0 bridgehead atoms. The summed E-state index contributed by atoms with van der Waals surface area (Å²) in [6, 6.07) is 6.76. The second kappa shape index (κ2) is 10.2. The molecule has 0 aliphatic rings. The maximum absolute atomic E-state index is 11.9. The predicted molar refractivity (Wildman–Crippen MR) is 86.9 cm³/mol. The van der Waals surface area contributed by atoms with E-state index in [1.54, 1.807) is 24.3 Å². The zero-order valence-corrected chi connectivity index (χ0v) is 13.3. The summed E-state index contributed by atoms with van der Waals surface area (Å²) in [4.78, 5) is 23.8. The van der Waals surface area contributed by atoms with Gasteiger partial charge in [-0.2, -0.15) is 0 Å². The summed E-state index contributed by atoms with van der Waals surface area (Å²) >= 11 is 0. The molecule has 0 saturated carbocycles. The molecule has 0 fully saturated rings. The van der Waals surface area contributed by atoms with Crippen LogP contribution in [0.15, 0.2) is 24.3 Å². The molecule has 0 aromatic heterocycles. The molecule has 6 heteroatoms. The van der Waals surface area contributed by atoms with Gasteiger partial charge in [0.25, 0.3) is 11.8 Å². The molecule has 2 amide bonds. The van der Waals surface area contributed by atoms with Crippen LogP contribution >= 0.6 is 12.4 Å². The number of benzene rings is 1. The van der Waals surface area contributed by atoms with Gasteiger partial charge in [-0.05, 0) is 38.0 Å². The Bertz CT molecular complexity index is 464. The van der Waals surface area contributed by atoms with Crippen molar-refractivity contribution in [1.29, 1.82) is 0 Å². The van der Waals surface area contributed by atoms with Crippen LogP contribution < -0.4 is 16.4 Å². The van der Waals surface area contributed by atoms with Crippen LogP contribution in [0.25, 0.3) is 0 Å². The number of rotatable bonds is 7. The normalized spacial score (nSPS) is 11.2. The van der Waals surface area contributed by atoms with Gasteiger partial charge in [0.05, 0.1) is 0 Å². The van der Waals surface area contributed by atoms with Gasteiger partial charge < -0.3 is 16.4 Å². The van der Waals surface area contributed by atoms with Crippen molar-refractivity contribution in [3.8, 4) is 0 Å². The van der Waals surface area contributed by atoms with Crippen LogP contribution in [0.1, 0.15) is 47.4 Å². The Morgan fingerprint density at radius 2 is 1.67 bits per heavy atom. The summed E-state index contributed by atoms with van der Waals surface area (Å²) in [5.41, 5.74) is 6.61. The third-order valence-corrected chi connectivity index (χ3v) is 2.81. The number of hydrogen-bond acceptors (Lipinski definition) is 3. The third kappa shape index (κ3) is 7.11. The molecule has 0 spiro atoms. The van der Waals surface area contributed by atoms with E-state index in [1.165, 1.54) is 0 Å². The van der Waals surface area contributed by atoms with Crippen molar-refractivity contribution in [1.82, 2.24) is 10.6 Å².